The van der Waals surface area contributed by atoms with Gasteiger partial charge in [0.15, 0.2) is 0 Å². The third kappa shape index (κ3) is 7.71. The van der Waals surface area contributed by atoms with Crippen LogP contribution in [0, 0.1) is 6.92 Å². The summed E-state index contributed by atoms with van der Waals surface area (Å²) < 4.78 is 0. The summed E-state index contributed by atoms with van der Waals surface area (Å²) in [5.41, 5.74) is 2.32. The molecule has 0 aliphatic heterocycles. The Hall–Kier alpha value is -0.920. The van der Waals surface area contributed by atoms with Crippen LogP contribution in [-0.2, 0) is 6.42 Å². The molecule has 2 heteroatoms. The molecule has 14 heavy (non-hydrogen) atoms. The number of aromatic nitrogens is 2. The molecule has 1 rings (SSSR count). The van der Waals surface area contributed by atoms with Gasteiger partial charge in [0.1, 0.15) is 6.33 Å². The largest absolute Gasteiger partial charge is 0.245 e. The zero-order valence-corrected chi connectivity index (χ0v) is 10.5. The molecular formula is C12H24N2. The molecule has 0 bridgehead atoms. The molecule has 0 saturated carbocycles. The fraction of sp³-hybridized carbons (Fsp3) is 0.667. The van der Waals surface area contributed by atoms with Gasteiger partial charge in [-0.15, -0.1) is 0 Å². The SMILES string of the molecule is CC.CCC.CCc1cncnc1C. The highest BCUT2D eigenvalue weighted by Crippen LogP contribution is 2.00. The highest BCUT2D eigenvalue weighted by Gasteiger charge is 1.92. The van der Waals surface area contributed by atoms with E-state index in [1.807, 2.05) is 27.0 Å². The molecule has 0 amide bonds. The lowest BCUT2D eigenvalue weighted by Gasteiger charge is -1.96. The summed E-state index contributed by atoms with van der Waals surface area (Å²) in [6, 6.07) is 0. The van der Waals surface area contributed by atoms with Gasteiger partial charge < -0.3 is 0 Å². The second kappa shape index (κ2) is 12.1. The number of hydrogen-bond acceptors (Lipinski definition) is 2. The van der Waals surface area contributed by atoms with E-state index in [4.69, 9.17) is 0 Å². The highest BCUT2D eigenvalue weighted by atomic mass is 14.8. The molecule has 0 aliphatic carbocycles. The minimum atomic E-state index is 1.02. The van der Waals surface area contributed by atoms with Gasteiger partial charge in [-0.25, -0.2) is 9.97 Å². The van der Waals surface area contributed by atoms with Gasteiger partial charge in [-0.05, 0) is 18.9 Å². The Balaban J connectivity index is 0. The molecule has 0 saturated heterocycles. The molecule has 0 fully saturated rings. The van der Waals surface area contributed by atoms with E-state index in [1.165, 1.54) is 12.0 Å². The first-order chi connectivity index (χ1) is 6.76. The Kier molecular flexibility index (Phi) is 13.4. The van der Waals surface area contributed by atoms with Crippen molar-refractivity contribution >= 4 is 0 Å². The minimum Gasteiger partial charge on any atom is -0.245 e. The van der Waals surface area contributed by atoms with Gasteiger partial charge >= 0.3 is 0 Å². The maximum absolute atomic E-state index is 4.04. The standard InChI is InChI=1S/C7H10N2.C3H8.C2H6/c1-3-7-4-8-5-9-6(7)2;1-3-2;1-2/h4-5H,3H2,1-2H3;3H2,1-2H3;1-2H3. The van der Waals surface area contributed by atoms with Crippen molar-refractivity contribution in [3.05, 3.63) is 23.8 Å². The first-order valence-corrected chi connectivity index (χ1v) is 5.51. The van der Waals surface area contributed by atoms with Crippen molar-refractivity contribution in [1.29, 1.82) is 0 Å². The number of aryl methyl sites for hydroxylation is 2. The Morgan fingerprint density at radius 3 is 1.93 bits per heavy atom. The van der Waals surface area contributed by atoms with Gasteiger partial charge in [-0.1, -0.05) is 41.0 Å². The predicted molar refractivity (Wildman–Crippen MR) is 63.5 cm³/mol. The summed E-state index contributed by atoms with van der Waals surface area (Å²) in [7, 11) is 0. The molecule has 0 unspecified atom stereocenters. The summed E-state index contributed by atoms with van der Waals surface area (Å²) in [6.45, 7) is 12.4. The third-order valence-corrected chi connectivity index (χ3v) is 1.39. The summed E-state index contributed by atoms with van der Waals surface area (Å²) in [4.78, 5) is 7.94. The lowest BCUT2D eigenvalue weighted by Crippen LogP contribution is -1.90. The van der Waals surface area contributed by atoms with Crippen molar-refractivity contribution in [3.63, 3.8) is 0 Å². The van der Waals surface area contributed by atoms with Crippen LogP contribution in [0.25, 0.3) is 0 Å². The van der Waals surface area contributed by atoms with E-state index in [0.717, 1.165) is 12.1 Å². The normalized spacial score (nSPS) is 7.86. The van der Waals surface area contributed by atoms with E-state index in [9.17, 15) is 0 Å². The second-order valence-electron chi connectivity index (χ2n) is 2.69. The van der Waals surface area contributed by atoms with Crippen molar-refractivity contribution in [3.8, 4) is 0 Å². The summed E-state index contributed by atoms with van der Waals surface area (Å²) >= 11 is 0. The van der Waals surface area contributed by atoms with Crippen molar-refractivity contribution < 1.29 is 0 Å². The quantitative estimate of drug-likeness (QED) is 0.683. The maximum atomic E-state index is 4.04. The van der Waals surface area contributed by atoms with Crippen molar-refractivity contribution in [2.75, 3.05) is 0 Å². The summed E-state index contributed by atoms with van der Waals surface area (Å²) in [5.74, 6) is 0. The van der Waals surface area contributed by atoms with Crippen LogP contribution in [0.1, 0.15) is 52.3 Å². The monoisotopic (exact) mass is 196 g/mol. The fourth-order valence-electron chi connectivity index (χ4n) is 0.767. The highest BCUT2D eigenvalue weighted by molar-refractivity contribution is 5.13. The van der Waals surface area contributed by atoms with Crippen LogP contribution >= 0.6 is 0 Å². The third-order valence-electron chi connectivity index (χ3n) is 1.39. The molecular weight excluding hydrogens is 172 g/mol. The molecule has 1 aromatic rings. The molecule has 1 aromatic heterocycles. The van der Waals surface area contributed by atoms with E-state index in [2.05, 4.69) is 30.7 Å². The van der Waals surface area contributed by atoms with Crippen molar-refractivity contribution in [1.82, 2.24) is 9.97 Å². The van der Waals surface area contributed by atoms with E-state index in [1.54, 1.807) is 6.33 Å². The van der Waals surface area contributed by atoms with Crippen LogP contribution in [0.3, 0.4) is 0 Å². The molecule has 1 heterocycles. The smallest absolute Gasteiger partial charge is 0.115 e. The molecule has 0 radical (unpaired) electrons. The molecule has 0 spiro atoms. The molecule has 0 N–H and O–H groups in total. The maximum Gasteiger partial charge on any atom is 0.115 e. The van der Waals surface area contributed by atoms with E-state index >= 15 is 0 Å². The lowest BCUT2D eigenvalue weighted by molar-refractivity contribution is 0.995. The van der Waals surface area contributed by atoms with Crippen molar-refractivity contribution in [2.45, 2.75) is 54.4 Å². The number of hydrogen-bond donors (Lipinski definition) is 0. The van der Waals surface area contributed by atoms with Crippen LogP contribution in [0.4, 0.5) is 0 Å². The molecule has 0 atom stereocenters. The zero-order chi connectivity index (χ0) is 11.4. The molecule has 0 aromatic carbocycles. The first kappa shape index (κ1) is 15.5. The van der Waals surface area contributed by atoms with E-state index in [0.29, 0.717) is 0 Å². The second-order valence-corrected chi connectivity index (χ2v) is 2.69. The molecule has 82 valence electrons. The van der Waals surface area contributed by atoms with Crippen LogP contribution < -0.4 is 0 Å². The van der Waals surface area contributed by atoms with Crippen LogP contribution in [-0.4, -0.2) is 9.97 Å². The average molecular weight is 196 g/mol. The average Bonchev–Trinajstić information content (AvgIpc) is 2.23. The van der Waals surface area contributed by atoms with E-state index in [-0.39, 0.29) is 0 Å². The van der Waals surface area contributed by atoms with Crippen LogP contribution in [0.5, 0.6) is 0 Å². The number of nitrogens with zero attached hydrogens (tertiary/aromatic N) is 2. The number of rotatable bonds is 1. The summed E-state index contributed by atoms with van der Waals surface area (Å²) in [5, 5.41) is 0. The van der Waals surface area contributed by atoms with Gasteiger partial charge in [0.05, 0.1) is 0 Å². The van der Waals surface area contributed by atoms with Gasteiger partial charge in [-0.3, -0.25) is 0 Å². The van der Waals surface area contributed by atoms with Gasteiger partial charge in [0, 0.05) is 11.9 Å². The Bertz CT molecular complexity index is 209. The zero-order valence-electron chi connectivity index (χ0n) is 10.5. The van der Waals surface area contributed by atoms with Gasteiger partial charge in [0.2, 0.25) is 0 Å². The molecule has 0 aliphatic rings. The Morgan fingerprint density at radius 1 is 1.14 bits per heavy atom. The topological polar surface area (TPSA) is 25.8 Å². The molecule has 2 nitrogen and oxygen atoms in total. The van der Waals surface area contributed by atoms with Gasteiger partial charge in [0.25, 0.3) is 0 Å². The fourth-order valence-corrected chi connectivity index (χ4v) is 0.767. The Morgan fingerprint density at radius 2 is 1.64 bits per heavy atom. The Labute approximate surface area is 88.8 Å². The lowest BCUT2D eigenvalue weighted by atomic mass is 10.2. The summed E-state index contributed by atoms with van der Waals surface area (Å²) in [6.07, 6.45) is 5.71. The minimum absolute atomic E-state index is 1.02. The first-order valence-electron chi connectivity index (χ1n) is 5.51. The van der Waals surface area contributed by atoms with Crippen molar-refractivity contribution in [2.24, 2.45) is 0 Å². The van der Waals surface area contributed by atoms with Gasteiger partial charge in [-0.2, -0.15) is 0 Å². The predicted octanol–water partition coefficient (Wildman–Crippen LogP) is 3.79. The van der Waals surface area contributed by atoms with Crippen LogP contribution in [0.2, 0.25) is 0 Å². The van der Waals surface area contributed by atoms with Crippen LogP contribution in [0.15, 0.2) is 12.5 Å². The van der Waals surface area contributed by atoms with E-state index < -0.39 is 0 Å².